The molecule has 138 valence electrons. The fraction of sp³-hybridized carbons (Fsp3) is 0.263. The SMILES string of the molecule is CCOc1ccc(NC(=NC)NCc2ccc(C(N)=O)cc2)cc1OC. The van der Waals surface area contributed by atoms with E-state index in [1.807, 2.05) is 37.3 Å². The Bertz CT molecular complexity index is 773. The monoisotopic (exact) mass is 356 g/mol. The van der Waals surface area contributed by atoms with Gasteiger partial charge >= 0.3 is 0 Å². The van der Waals surface area contributed by atoms with Crippen LogP contribution in [0.2, 0.25) is 0 Å². The average Bonchev–Trinajstić information content (AvgIpc) is 2.66. The van der Waals surface area contributed by atoms with E-state index in [0.717, 1.165) is 11.3 Å². The summed E-state index contributed by atoms with van der Waals surface area (Å²) in [7, 11) is 3.29. The Balaban J connectivity index is 2.00. The van der Waals surface area contributed by atoms with Crippen molar-refractivity contribution >= 4 is 17.6 Å². The highest BCUT2D eigenvalue weighted by Crippen LogP contribution is 2.30. The molecule has 0 unspecified atom stereocenters. The van der Waals surface area contributed by atoms with E-state index in [1.54, 1.807) is 26.3 Å². The zero-order valence-electron chi connectivity index (χ0n) is 15.2. The number of nitrogens with one attached hydrogen (secondary N) is 2. The molecular weight excluding hydrogens is 332 g/mol. The summed E-state index contributed by atoms with van der Waals surface area (Å²) < 4.78 is 10.9. The Kier molecular flexibility index (Phi) is 6.84. The Labute approximate surface area is 153 Å². The lowest BCUT2D eigenvalue weighted by atomic mass is 10.1. The molecule has 0 saturated heterocycles. The second-order valence-corrected chi connectivity index (χ2v) is 5.41. The predicted molar refractivity (Wildman–Crippen MR) is 103 cm³/mol. The molecule has 4 N–H and O–H groups in total. The number of anilines is 1. The smallest absolute Gasteiger partial charge is 0.248 e. The van der Waals surface area contributed by atoms with Crippen molar-refractivity contribution in [1.29, 1.82) is 0 Å². The van der Waals surface area contributed by atoms with E-state index in [1.165, 1.54) is 0 Å². The maximum Gasteiger partial charge on any atom is 0.248 e. The minimum atomic E-state index is -0.438. The van der Waals surface area contributed by atoms with Crippen LogP contribution in [0.3, 0.4) is 0 Å². The van der Waals surface area contributed by atoms with Crippen LogP contribution in [0.5, 0.6) is 11.5 Å². The molecule has 26 heavy (non-hydrogen) atoms. The van der Waals surface area contributed by atoms with Crippen molar-refractivity contribution in [3.8, 4) is 11.5 Å². The summed E-state index contributed by atoms with van der Waals surface area (Å²) in [5, 5.41) is 6.41. The fourth-order valence-electron chi connectivity index (χ4n) is 2.31. The van der Waals surface area contributed by atoms with Crippen LogP contribution in [0.25, 0.3) is 0 Å². The van der Waals surface area contributed by atoms with Crippen LogP contribution in [0.15, 0.2) is 47.5 Å². The van der Waals surface area contributed by atoms with E-state index >= 15 is 0 Å². The van der Waals surface area contributed by atoms with Crippen LogP contribution in [0.1, 0.15) is 22.8 Å². The second kappa shape index (κ2) is 9.31. The van der Waals surface area contributed by atoms with E-state index in [-0.39, 0.29) is 0 Å². The first-order valence-electron chi connectivity index (χ1n) is 8.24. The van der Waals surface area contributed by atoms with Crippen molar-refractivity contribution in [2.75, 3.05) is 26.1 Å². The van der Waals surface area contributed by atoms with Crippen LogP contribution in [-0.2, 0) is 6.54 Å². The first kappa shape index (κ1) is 19.1. The minimum Gasteiger partial charge on any atom is -0.493 e. The minimum absolute atomic E-state index is 0.438. The molecule has 2 rings (SSSR count). The second-order valence-electron chi connectivity index (χ2n) is 5.41. The molecule has 0 aliphatic heterocycles. The zero-order valence-corrected chi connectivity index (χ0v) is 15.2. The number of nitrogens with zero attached hydrogens (tertiary/aromatic N) is 1. The summed E-state index contributed by atoms with van der Waals surface area (Å²) >= 11 is 0. The van der Waals surface area contributed by atoms with Gasteiger partial charge in [-0.25, -0.2) is 0 Å². The summed E-state index contributed by atoms with van der Waals surface area (Å²) in [6.45, 7) is 3.04. The van der Waals surface area contributed by atoms with Crippen molar-refractivity contribution in [3.63, 3.8) is 0 Å². The Morgan fingerprint density at radius 2 is 1.88 bits per heavy atom. The third-order valence-electron chi connectivity index (χ3n) is 3.65. The number of rotatable bonds is 7. The van der Waals surface area contributed by atoms with E-state index in [2.05, 4.69) is 15.6 Å². The van der Waals surface area contributed by atoms with Crippen LogP contribution in [0, 0.1) is 0 Å². The molecular formula is C19H24N4O3. The molecule has 1 amide bonds. The van der Waals surface area contributed by atoms with Crippen molar-refractivity contribution in [3.05, 3.63) is 53.6 Å². The summed E-state index contributed by atoms with van der Waals surface area (Å²) in [5.74, 6) is 1.51. The highest BCUT2D eigenvalue weighted by Gasteiger charge is 2.07. The lowest BCUT2D eigenvalue weighted by molar-refractivity contribution is 0.100. The van der Waals surface area contributed by atoms with E-state index in [9.17, 15) is 4.79 Å². The van der Waals surface area contributed by atoms with Gasteiger partial charge in [0.15, 0.2) is 17.5 Å². The number of aliphatic imine (C=N–C) groups is 1. The maximum atomic E-state index is 11.1. The Morgan fingerprint density at radius 1 is 1.15 bits per heavy atom. The van der Waals surface area contributed by atoms with Crippen LogP contribution < -0.4 is 25.8 Å². The summed E-state index contributed by atoms with van der Waals surface area (Å²) in [5.41, 5.74) is 7.55. The van der Waals surface area contributed by atoms with Gasteiger partial charge in [0.1, 0.15) is 0 Å². The van der Waals surface area contributed by atoms with E-state index in [4.69, 9.17) is 15.2 Å². The molecule has 0 spiro atoms. The molecule has 0 heterocycles. The number of hydrogen-bond acceptors (Lipinski definition) is 4. The number of primary amides is 1. The van der Waals surface area contributed by atoms with E-state index in [0.29, 0.717) is 36.2 Å². The van der Waals surface area contributed by atoms with Gasteiger partial charge in [0.05, 0.1) is 13.7 Å². The average molecular weight is 356 g/mol. The number of ether oxygens (including phenoxy) is 2. The summed E-state index contributed by atoms with van der Waals surface area (Å²) in [6.07, 6.45) is 0. The zero-order chi connectivity index (χ0) is 18.9. The topological polar surface area (TPSA) is 98.0 Å². The Hall–Kier alpha value is -3.22. The molecule has 7 nitrogen and oxygen atoms in total. The van der Waals surface area contributed by atoms with Crippen molar-refractivity contribution in [2.24, 2.45) is 10.7 Å². The standard InChI is InChI=1S/C19H24N4O3/c1-4-26-16-10-9-15(11-17(16)25-3)23-19(21-2)22-12-13-5-7-14(8-6-13)18(20)24/h5-11H,4,12H2,1-3H3,(H2,20,24)(H2,21,22,23). The molecule has 0 aliphatic rings. The molecule has 0 aromatic heterocycles. The number of amides is 1. The molecule has 0 atom stereocenters. The molecule has 7 heteroatoms. The van der Waals surface area contributed by atoms with Crippen LogP contribution in [0.4, 0.5) is 5.69 Å². The summed E-state index contributed by atoms with van der Waals surface area (Å²) in [4.78, 5) is 15.3. The van der Waals surface area contributed by atoms with Crippen molar-refractivity contribution < 1.29 is 14.3 Å². The van der Waals surface area contributed by atoms with Gasteiger partial charge < -0.3 is 25.8 Å². The lowest BCUT2D eigenvalue weighted by Crippen LogP contribution is -2.30. The number of methoxy groups -OCH3 is 1. The largest absolute Gasteiger partial charge is 0.493 e. The van der Waals surface area contributed by atoms with Gasteiger partial charge in [0.2, 0.25) is 5.91 Å². The summed E-state index contributed by atoms with van der Waals surface area (Å²) in [6, 6.07) is 12.7. The molecule has 2 aromatic rings. The first-order valence-corrected chi connectivity index (χ1v) is 8.24. The van der Waals surface area contributed by atoms with Gasteiger partial charge in [-0.1, -0.05) is 12.1 Å². The van der Waals surface area contributed by atoms with Gasteiger partial charge in [-0.3, -0.25) is 9.79 Å². The number of hydrogen-bond donors (Lipinski definition) is 3. The molecule has 0 bridgehead atoms. The fourth-order valence-corrected chi connectivity index (χ4v) is 2.31. The molecule has 0 aliphatic carbocycles. The molecule has 2 aromatic carbocycles. The van der Waals surface area contributed by atoms with Gasteiger partial charge in [-0.15, -0.1) is 0 Å². The third-order valence-corrected chi connectivity index (χ3v) is 3.65. The van der Waals surface area contributed by atoms with Gasteiger partial charge in [-0.2, -0.15) is 0 Å². The third kappa shape index (κ3) is 5.14. The number of nitrogens with two attached hydrogens (primary N) is 1. The Morgan fingerprint density at radius 3 is 2.46 bits per heavy atom. The number of guanidine groups is 1. The number of carbonyl (C=O) groups is 1. The van der Waals surface area contributed by atoms with Crippen LogP contribution >= 0.6 is 0 Å². The van der Waals surface area contributed by atoms with Crippen molar-refractivity contribution in [1.82, 2.24) is 5.32 Å². The first-order chi connectivity index (χ1) is 12.6. The lowest BCUT2D eigenvalue weighted by Gasteiger charge is -2.14. The van der Waals surface area contributed by atoms with Crippen LogP contribution in [-0.4, -0.2) is 32.6 Å². The molecule has 0 saturated carbocycles. The van der Waals surface area contributed by atoms with Gasteiger partial charge in [0, 0.05) is 30.9 Å². The predicted octanol–water partition coefficient (Wildman–Crippen LogP) is 2.38. The van der Waals surface area contributed by atoms with Gasteiger partial charge in [0.25, 0.3) is 0 Å². The van der Waals surface area contributed by atoms with Gasteiger partial charge in [-0.05, 0) is 36.8 Å². The molecule has 0 fully saturated rings. The number of benzene rings is 2. The highest BCUT2D eigenvalue weighted by atomic mass is 16.5. The number of carbonyl (C=O) groups excluding carboxylic acids is 1. The highest BCUT2D eigenvalue weighted by molar-refractivity contribution is 5.94. The maximum absolute atomic E-state index is 11.1. The quantitative estimate of drug-likeness (QED) is 0.523. The van der Waals surface area contributed by atoms with Crippen molar-refractivity contribution in [2.45, 2.75) is 13.5 Å². The normalized spacial score (nSPS) is 11.0. The van der Waals surface area contributed by atoms with E-state index < -0.39 is 5.91 Å². The molecule has 0 radical (unpaired) electrons.